The van der Waals surface area contributed by atoms with E-state index in [2.05, 4.69) is 45.0 Å². The maximum absolute atomic E-state index is 6.15. The zero-order chi connectivity index (χ0) is 15.6. The molecule has 0 aliphatic rings. The third-order valence-electron chi connectivity index (χ3n) is 4.57. The van der Waals surface area contributed by atoms with E-state index in [0.717, 1.165) is 12.8 Å². The predicted octanol–water partition coefficient (Wildman–Crippen LogP) is 6.41. The van der Waals surface area contributed by atoms with Crippen molar-refractivity contribution in [3.63, 3.8) is 0 Å². The Morgan fingerprint density at radius 1 is 0.864 bits per heavy atom. The fourth-order valence-electron chi connectivity index (χ4n) is 3.18. The van der Waals surface area contributed by atoms with Crippen molar-refractivity contribution in [2.24, 2.45) is 0 Å². The topological polar surface area (TPSA) is 44.2 Å². The van der Waals surface area contributed by atoms with Gasteiger partial charge >= 0.3 is 0 Å². The maximum atomic E-state index is 6.15. The van der Waals surface area contributed by atoms with Crippen LogP contribution in [0.5, 0.6) is 0 Å². The highest BCUT2D eigenvalue weighted by Gasteiger charge is 2.32. The van der Waals surface area contributed by atoms with E-state index in [-0.39, 0.29) is 11.8 Å². The molecule has 0 radical (unpaired) electrons. The Bertz CT molecular complexity index is 381. The molecular weight excluding hydrogens is 270 g/mol. The summed E-state index contributed by atoms with van der Waals surface area (Å²) in [6, 6.07) is 8.96. The minimum absolute atomic E-state index is 0. The van der Waals surface area contributed by atoms with Gasteiger partial charge in [-0.15, -0.1) is 0 Å². The van der Waals surface area contributed by atoms with Gasteiger partial charge in [0.1, 0.15) is 0 Å². The highest BCUT2D eigenvalue weighted by atomic mass is 16.5. The second-order valence-electron chi connectivity index (χ2n) is 6.17. The third kappa shape index (κ3) is 5.73. The SMILES string of the molecule is CCCCc1ccccc1C(CCCC)(CCCC)OC.N. The highest BCUT2D eigenvalue weighted by Crippen LogP contribution is 2.38. The molecule has 2 heteroatoms. The number of methoxy groups -OCH3 is 1. The van der Waals surface area contributed by atoms with Crippen LogP contribution in [-0.2, 0) is 16.8 Å². The number of unbranched alkanes of at least 4 members (excludes halogenated alkanes) is 3. The van der Waals surface area contributed by atoms with Crippen molar-refractivity contribution in [2.75, 3.05) is 7.11 Å². The first-order valence-corrected chi connectivity index (χ1v) is 8.87. The van der Waals surface area contributed by atoms with E-state index in [9.17, 15) is 0 Å². The Morgan fingerprint density at radius 2 is 1.41 bits per heavy atom. The van der Waals surface area contributed by atoms with Gasteiger partial charge in [-0.1, -0.05) is 77.1 Å². The summed E-state index contributed by atoms with van der Waals surface area (Å²) >= 11 is 0. The molecule has 0 aliphatic heterocycles. The van der Waals surface area contributed by atoms with Gasteiger partial charge in [0.15, 0.2) is 0 Å². The van der Waals surface area contributed by atoms with Gasteiger partial charge in [0.05, 0.1) is 5.60 Å². The molecule has 1 aromatic carbocycles. The van der Waals surface area contributed by atoms with E-state index in [0.29, 0.717) is 0 Å². The fourth-order valence-corrected chi connectivity index (χ4v) is 3.18. The van der Waals surface area contributed by atoms with Crippen LogP contribution in [0.25, 0.3) is 0 Å². The summed E-state index contributed by atoms with van der Waals surface area (Å²) in [4.78, 5) is 0. The Morgan fingerprint density at radius 3 is 1.91 bits per heavy atom. The minimum Gasteiger partial charge on any atom is -0.374 e. The second kappa shape index (κ2) is 11.7. The van der Waals surface area contributed by atoms with Crippen LogP contribution in [0.3, 0.4) is 0 Å². The molecule has 0 saturated carbocycles. The van der Waals surface area contributed by atoms with E-state index in [1.165, 1.54) is 56.1 Å². The lowest BCUT2D eigenvalue weighted by Gasteiger charge is -2.35. The molecule has 0 heterocycles. The molecule has 0 bridgehead atoms. The van der Waals surface area contributed by atoms with Crippen LogP contribution in [0.4, 0.5) is 0 Å². The standard InChI is InChI=1S/C20H34O.H3N/c1-5-8-13-18-14-11-12-15-19(18)20(21-4,16-9-6-2)17-10-7-3;/h11-12,14-15H,5-10,13,16-17H2,1-4H3;1H3. The Labute approximate surface area is 138 Å². The Balaban J connectivity index is 0.00000441. The van der Waals surface area contributed by atoms with Crippen molar-refractivity contribution in [1.29, 1.82) is 0 Å². The van der Waals surface area contributed by atoms with E-state index < -0.39 is 0 Å². The monoisotopic (exact) mass is 307 g/mol. The molecule has 128 valence electrons. The van der Waals surface area contributed by atoms with Crippen molar-refractivity contribution in [2.45, 2.75) is 84.2 Å². The zero-order valence-corrected chi connectivity index (χ0v) is 15.3. The molecule has 0 unspecified atom stereocenters. The van der Waals surface area contributed by atoms with Crippen molar-refractivity contribution in [1.82, 2.24) is 6.15 Å². The molecule has 3 N–H and O–H groups in total. The van der Waals surface area contributed by atoms with E-state index in [1.54, 1.807) is 0 Å². The predicted molar refractivity (Wildman–Crippen MR) is 97.8 cm³/mol. The zero-order valence-electron chi connectivity index (χ0n) is 15.3. The quantitative estimate of drug-likeness (QED) is 0.513. The summed E-state index contributed by atoms with van der Waals surface area (Å²) in [5, 5.41) is 0. The first kappa shape index (κ1) is 21.1. The van der Waals surface area contributed by atoms with Gasteiger partial charge in [0.2, 0.25) is 0 Å². The van der Waals surface area contributed by atoms with Crippen LogP contribution in [0.2, 0.25) is 0 Å². The summed E-state index contributed by atoms with van der Waals surface area (Å²) in [5.41, 5.74) is 2.87. The van der Waals surface area contributed by atoms with Gasteiger partial charge in [-0.25, -0.2) is 0 Å². The molecule has 0 atom stereocenters. The first-order valence-electron chi connectivity index (χ1n) is 8.87. The van der Waals surface area contributed by atoms with Crippen LogP contribution in [0.1, 0.15) is 83.3 Å². The summed E-state index contributed by atoms with van der Waals surface area (Å²) in [6.07, 6.45) is 10.9. The molecule has 22 heavy (non-hydrogen) atoms. The van der Waals surface area contributed by atoms with Gasteiger partial charge in [-0.05, 0) is 36.8 Å². The maximum Gasteiger partial charge on any atom is 0.0930 e. The number of rotatable bonds is 11. The lowest BCUT2D eigenvalue weighted by molar-refractivity contribution is -0.0335. The fraction of sp³-hybridized carbons (Fsp3) is 0.700. The first-order chi connectivity index (χ1) is 10.2. The van der Waals surface area contributed by atoms with E-state index in [1.807, 2.05) is 7.11 Å². The lowest BCUT2D eigenvalue weighted by Crippen LogP contribution is -2.30. The van der Waals surface area contributed by atoms with Gasteiger partial charge in [-0.3, -0.25) is 0 Å². The molecule has 0 aliphatic carbocycles. The summed E-state index contributed by atoms with van der Waals surface area (Å²) in [5.74, 6) is 0. The second-order valence-corrected chi connectivity index (χ2v) is 6.17. The molecule has 1 rings (SSSR count). The molecule has 0 amide bonds. The van der Waals surface area contributed by atoms with Crippen LogP contribution < -0.4 is 6.15 Å². The van der Waals surface area contributed by atoms with Crippen molar-refractivity contribution in [3.8, 4) is 0 Å². The molecule has 1 aromatic rings. The molecular formula is C20H37NO. The largest absolute Gasteiger partial charge is 0.374 e. The van der Waals surface area contributed by atoms with Gasteiger partial charge < -0.3 is 10.9 Å². The molecule has 2 nitrogen and oxygen atoms in total. The molecule has 0 spiro atoms. The Hall–Kier alpha value is -0.860. The number of hydrogen-bond donors (Lipinski definition) is 1. The van der Waals surface area contributed by atoms with Crippen molar-refractivity contribution < 1.29 is 4.74 Å². The van der Waals surface area contributed by atoms with Gasteiger partial charge in [0.25, 0.3) is 0 Å². The highest BCUT2D eigenvalue weighted by molar-refractivity contribution is 5.33. The molecule has 0 fully saturated rings. The van der Waals surface area contributed by atoms with Crippen LogP contribution in [0, 0.1) is 0 Å². The normalized spacial score (nSPS) is 11.3. The average molecular weight is 308 g/mol. The van der Waals surface area contributed by atoms with Crippen molar-refractivity contribution >= 4 is 0 Å². The summed E-state index contributed by atoms with van der Waals surface area (Å²) < 4.78 is 6.15. The molecule has 0 saturated heterocycles. The van der Waals surface area contributed by atoms with Crippen LogP contribution >= 0.6 is 0 Å². The van der Waals surface area contributed by atoms with Gasteiger partial charge in [0, 0.05) is 7.11 Å². The number of hydrogen-bond acceptors (Lipinski definition) is 2. The minimum atomic E-state index is -0.0731. The average Bonchev–Trinajstić information content (AvgIpc) is 2.54. The van der Waals surface area contributed by atoms with Gasteiger partial charge in [-0.2, -0.15) is 0 Å². The number of aryl methyl sites for hydroxylation is 1. The summed E-state index contributed by atoms with van der Waals surface area (Å²) in [6.45, 7) is 6.80. The third-order valence-corrected chi connectivity index (χ3v) is 4.57. The number of benzene rings is 1. The number of ether oxygens (including phenoxy) is 1. The lowest BCUT2D eigenvalue weighted by atomic mass is 9.80. The van der Waals surface area contributed by atoms with E-state index in [4.69, 9.17) is 4.74 Å². The van der Waals surface area contributed by atoms with Crippen molar-refractivity contribution in [3.05, 3.63) is 35.4 Å². The van der Waals surface area contributed by atoms with E-state index >= 15 is 0 Å². The summed E-state index contributed by atoms with van der Waals surface area (Å²) in [7, 11) is 1.90. The van der Waals surface area contributed by atoms with Crippen LogP contribution in [-0.4, -0.2) is 7.11 Å². The smallest absolute Gasteiger partial charge is 0.0930 e. The molecule has 0 aromatic heterocycles. The van der Waals surface area contributed by atoms with Crippen LogP contribution in [0.15, 0.2) is 24.3 Å². The Kier molecular flexibility index (Phi) is 11.2.